The number of ether oxygens (including phenoxy) is 1. The van der Waals surface area contributed by atoms with Crippen LogP contribution in [0, 0.1) is 5.92 Å². The SMILES string of the molecule is CC1C=NN(C)C1c1cc(N)ccc1OCCN1CCCCC1. The largest absolute Gasteiger partial charge is 0.492 e. The van der Waals surface area contributed by atoms with Gasteiger partial charge in [0.25, 0.3) is 0 Å². The molecule has 2 heterocycles. The first-order valence-corrected chi connectivity index (χ1v) is 8.66. The van der Waals surface area contributed by atoms with E-state index in [1.165, 1.54) is 32.4 Å². The lowest BCUT2D eigenvalue weighted by Gasteiger charge is -2.28. The van der Waals surface area contributed by atoms with Gasteiger partial charge in [0.05, 0.1) is 6.04 Å². The highest BCUT2D eigenvalue weighted by molar-refractivity contribution is 5.65. The highest BCUT2D eigenvalue weighted by atomic mass is 16.5. The van der Waals surface area contributed by atoms with Gasteiger partial charge in [-0.15, -0.1) is 0 Å². The van der Waals surface area contributed by atoms with Gasteiger partial charge in [-0.25, -0.2) is 0 Å². The third-order valence-electron chi connectivity index (χ3n) is 4.85. The summed E-state index contributed by atoms with van der Waals surface area (Å²) in [5, 5.41) is 6.40. The van der Waals surface area contributed by atoms with E-state index in [9.17, 15) is 0 Å². The Morgan fingerprint density at radius 2 is 2.04 bits per heavy atom. The number of hydrogen-bond donors (Lipinski definition) is 1. The van der Waals surface area contributed by atoms with Crippen LogP contribution in [0.15, 0.2) is 23.3 Å². The summed E-state index contributed by atoms with van der Waals surface area (Å²) in [7, 11) is 2.01. The van der Waals surface area contributed by atoms with Crippen molar-refractivity contribution >= 4 is 11.9 Å². The van der Waals surface area contributed by atoms with Gasteiger partial charge in [-0.05, 0) is 44.1 Å². The summed E-state index contributed by atoms with van der Waals surface area (Å²) in [6, 6.07) is 6.14. The van der Waals surface area contributed by atoms with Gasteiger partial charge in [-0.1, -0.05) is 13.3 Å². The summed E-state index contributed by atoms with van der Waals surface area (Å²) in [6.07, 6.45) is 5.99. The summed E-state index contributed by atoms with van der Waals surface area (Å²) in [5.74, 6) is 1.29. The Balaban J connectivity index is 1.66. The maximum absolute atomic E-state index is 6.12. The number of piperidine rings is 1. The number of rotatable bonds is 5. The third kappa shape index (κ3) is 3.78. The third-order valence-corrected chi connectivity index (χ3v) is 4.85. The molecular formula is C18H28N4O. The Morgan fingerprint density at radius 3 is 2.74 bits per heavy atom. The molecule has 2 unspecified atom stereocenters. The molecule has 5 heteroatoms. The summed E-state index contributed by atoms with van der Waals surface area (Å²) >= 11 is 0. The van der Waals surface area contributed by atoms with Gasteiger partial charge < -0.3 is 10.5 Å². The van der Waals surface area contributed by atoms with Crippen LogP contribution in [0.25, 0.3) is 0 Å². The molecular weight excluding hydrogens is 288 g/mol. The van der Waals surface area contributed by atoms with Crippen molar-refractivity contribution in [3.8, 4) is 5.75 Å². The molecule has 5 nitrogen and oxygen atoms in total. The second-order valence-corrected chi connectivity index (χ2v) is 6.69. The summed E-state index contributed by atoms with van der Waals surface area (Å²) < 4.78 is 6.12. The first-order chi connectivity index (χ1) is 11.1. The molecule has 0 radical (unpaired) electrons. The average Bonchev–Trinajstić information content (AvgIpc) is 2.89. The Labute approximate surface area is 139 Å². The molecule has 23 heavy (non-hydrogen) atoms. The van der Waals surface area contributed by atoms with Crippen molar-refractivity contribution in [1.29, 1.82) is 0 Å². The van der Waals surface area contributed by atoms with E-state index in [1.807, 2.05) is 36.5 Å². The van der Waals surface area contributed by atoms with Crippen LogP contribution >= 0.6 is 0 Å². The Hall–Kier alpha value is -1.75. The fraction of sp³-hybridized carbons (Fsp3) is 0.611. The number of anilines is 1. The van der Waals surface area contributed by atoms with Crippen LogP contribution in [0.2, 0.25) is 0 Å². The number of hydrazone groups is 1. The Bertz CT molecular complexity index is 542. The van der Waals surface area contributed by atoms with Crippen molar-refractivity contribution < 1.29 is 4.74 Å². The fourth-order valence-electron chi connectivity index (χ4n) is 3.59. The zero-order chi connectivity index (χ0) is 16.2. The quantitative estimate of drug-likeness (QED) is 0.849. The predicted octanol–water partition coefficient (Wildman–Crippen LogP) is 2.74. The topological polar surface area (TPSA) is 54.1 Å². The lowest BCUT2D eigenvalue weighted by atomic mass is 9.95. The van der Waals surface area contributed by atoms with E-state index >= 15 is 0 Å². The zero-order valence-corrected chi connectivity index (χ0v) is 14.2. The minimum absolute atomic E-state index is 0.198. The van der Waals surface area contributed by atoms with E-state index < -0.39 is 0 Å². The normalized spacial score (nSPS) is 25.0. The van der Waals surface area contributed by atoms with Gasteiger partial charge in [0.2, 0.25) is 0 Å². The molecule has 1 fully saturated rings. The molecule has 126 valence electrons. The smallest absolute Gasteiger partial charge is 0.124 e. The van der Waals surface area contributed by atoms with Crippen molar-refractivity contribution in [1.82, 2.24) is 9.91 Å². The molecule has 1 aromatic rings. The molecule has 3 rings (SSSR count). The van der Waals surface area contributed by atoms with E-state index in [2.05, 4.69) is 16.9 Å². The van der Waals surface area contributed by atoms with Crippen molar-refractivity contribution in [3.05, 3.63) is 23.8 Å². The van der Waals surface area contributed by atoms with Gasteiger partial charge in [0.1, 0.15) is 12.4 Å². The number of nitrogen functional groups attached to an aromatic ring is 1. The van der Waals surface area contributed by atoms with Crippen LogP contribution < -0.4 is 10.5 Å². The van der Waals surface area contributed by atoms with Crippen LogP contribution in [-0.4, -0.2) is 49.4 Å². The first-order valence-electron chi connectivity index (χ1n) is 8.66. The van der Waals surface area contributed by atoms with Crippen LogP contribution in [0.3, 0.4) is 0 Å². The van der Waals surface area contributed by atoms with Crippen molar-refractivity contribution in [3.63, 3.8) is 0 Å². The lowest BCUT2D eigenvalue weighted by Crippen LogP contribution is -2.33. The number of benzene rings is 1. The molecule has 1 saturated heterocycles. The van der Waals surface area contributed by atoms with E-state index in [0.29, 0.717) is 5.92 Å². The van der Waals surface area contributed by atoms with Crippen LogP contribution in [0.5, 0.6) is 5.75 Å². The number of nitrogens with two attached hydrogens (primary N) is 1. The molecule has 2 aliphatic rings. The second-order valence-electron chi connectivity index (χ2n) is 6.69. The summed E-state index contributed by atoms with van der Waals surface area (Å²) in [6.45, 7) is 6.31. The maximum atomic E-state index is 6.12. The Kier molecular flexibility index (Phi) is 5.06. The molecule has 0 saturated carbocycles. The van der Waals surface area contributed by atoms with E-state index in [1.54, 1.807) is 0 Å². The summed E-state index contributed by atoms with van der Waals surface area (Å²) in [4.78, 5) is 2.49. The van der Waals surface area contributed by atoms with Crippen molar-refractivity contribution in [2.45, 2.75) is 32.2 Å². The van der Waals surface area contributed by atoms with Crippen LogP contribution in [-0.2, 0) is 0 Å². The molecule has 0 aliphatic carbocycles. The second kappa shape index (κ2) is 7.21. The van der Waals surface area contributed by atoms with Crippen LogP contribution in [0.4, 0.5) is 5.69 Å². The molecule has 2 N–H and O–H groups in total. The minimum atomic E-state index is 0.198. The van der Waals surface area contributed by atoms with Crippen molar-refractivity contribution in [2.75, 3.05) is 39.0 Å². The molecule has 1 aromatic carbocycles. The highest BCUT2D eigenvalue weighted by Gasteiger charge is 2.29. The van der Waals surface area contributed by atoms with Gasteiger partial charge in [-0.3, -0.25) is 9.91 Å². The molecule has 0 spiro atoms. The predicted molar refractivity (Wildman–Crippen MR) is 94.8 cm³/mol. The van der Waals surface area contributed by atoms with E-state index in [-0.39, 0.29) is 6.04 Å². The van der Waals surface area contributed by atoms with E-state index in [0.717, 1.165) is 30.2 Å². The monoisotopic (exact) mass is 316 g/mol. The lowest BCUT2D eigenvalue weighted by molar-refractivity contribution is 0.179. The molecule has 0 aromatic heterocycles. The van der Waals surface area contributed by atoms with Gasteiger partial charge >= 0.3 is 0 Å². The molecule has 0 amide bonds. The summed E-state index contributed by atoms with van der Waals surface area (Å²) in [5.41, 5.74) is 7.92. The number of likely N-dealkylation sites (tertiary alicyclic amines) is 1. The van der Waals surface area contributed by atoms with E-state index in [4.69, 9.17) is 10.5 Å². The standard InChI is InChI=1S/C18H28N4O/c1-14-13-20-21(2)18(14)16-12-15(19)6-7-17(16)23-11-10-22-8-4-3-5-9-22/h6-7,12-14,18H,3-5,8-11,19H2,1-2H3. The van der Waals surface area contributed by atoms with Gasteiger partial charge in [-0.2, -0.15) is 5.10 Å². The first kappa shape index (κ1) is 16.1. The Morgan fingerprint density at radius 1 is 1.26 bits per heavy atom. The number of hydrogen-bond acceptors (Lipinski definition) is 5. The van der Waals surface area contributed by atoms with Crippen molar-refractivity contribution in [2.24, 2.45) is 11.0 Å². The van der Waals surface area contributed by atoms with Crippen LogP contribution in [0.1, 0.15) is 37.8 Å². The molecule has 0 bridgehead atoms. The highest BCUT2D eigenvalue weighted by Crippen LogP contribution is 2.37. The minimum Gasteiger partial charge on any atom is -0.492 e. The zero-order valence-electron chi connectivity index (χ0n) is 14.2. The molecule has 2 atom stereocenters. The maximum Gasteiger partial charge on any atom is 0.124 e. The average molecular weight is 316 g/mol. The van der Waals surface area contributed by atoms with Gasteiger partial charge in [0, 0.05) is 37.0 Å². The number of nitrogens with zero attached hydrogens (tertiary/aromatic N) is 3. The van der Waals surface area contributed by atoms with Gasteiger partial charge in [0.15, 0.2) is 0 Å². The molecule has 2 aliphatic heterocycles. The fourth-order valence-corrected chi connectivity index (χ4v) is 3.59.